The van der Waals surface area contributed by atoms with Gasteiger partial charge in [0.25, 0.3) is 0 Å². The first-order valence-electron chi connectivity index (χ1n) is 9.12. The zero-order valence-corrected chi connectivity index (χ0v) is 16.5. The molecular formula is C22H24O5. The van der Waals surface area contributed by atoms with E-state index >= 15 is 0 Å². The molecule has 5 heteroatoms. The Labute approximate surface area is 158 Å². The maximum atomic E-state index is 13.4. The van der Waals surface area contributed by atoms with Crippen molar-refractivity contribution in [2.24, 2.45) is 11.8 Å². The van der Waals surface area contributed by atoms with Crippen LogP contribution in [0.15, 0.2) is 29.5 Å². The van der Waals surface area contributed by atoms with Gasteiger partial charge in [-0.15, -0.1) is 0 Å². The highest BCUT2D eigenvalue weighted by Gasteiger charge is 2.71. The average Bonchev–Trinajstić information content (AvgIpc) is 3.09. The molecule has 1 saturated heterocycles. The Kier molecular flexibility index (Phi) is 3.54. The van der Waals surface area contributed by atoms with Gasteiger partial charge in [0, 0.05) is 0 Å². The molecule has 2 bridgehead atoms. The van der Waals surface area contributed by atoms with Gasteiger partial charge in [0.1, 0.15) is 11.4 Å². The molecule has 0 radical (unpaired) electrons. The monoisotopic (exact) mass is 368 g/mol. The van der Waals surface area contributed by atoms with Crippen LogP contribution in [0.25, 0.3) is 5.57 Å². The number of carbonyl (C=O) groups excluding carboxylic acids is 2. The summed E-state index contributed by atoms with van der Waals surface area (Å²) >= 11 is 0. The summed E-state index contributed by atoms with van der Waals surface area (Å²) < 4.78 is 11.0. The first-order chi connectivity index (χ1) is 12.5. The van der Waals surface area contributed by atoms with Gasteiger partial charge < -0.3 is 14.6 Å². The Morgan fingerprint density at radius 2 is 1.74 bits per heavy atom. The Balaban J connectivity index is 1.91. The van der Waals surface area contributed by atoms with Crippen LogP contribution in [-0.4, -0.2) is 35.2 Å². The molecule has 0 saturated carbocycles. The van der Waals surface area contributed by atoms with Crippen LogP contribution < -0.4 is 0 Å². The number of aliphatic hydroxyl groups excluding tert-OH is 1. The van der Waals surface area contributed by atoms with Crippen molar-refractivity contribution in [3.8, 4) is 0 Å². The molecule has 0 amide bonds. The predicted molar refractivity (Wildman–Crippen MR) is 100 cm³/mol. The van der Waals surface area contributed by atoms with E-state index < -0.39 is 29.0 Å². The zero-order chi connectivity index (χ0) is 19.9. The molecule has 0 unspecified atom stereocenters. The second-order valence-corrected chi connectivity index (χ2v) is 8.30. The summed E-state index contributed by atoms with van der Waals surface area (Å²) in [4.78, 5) is 25.7. The van der Waals surface area contributed by atoms with Crippen molar-refractivity contribution < 1.29 is 24.2 Å². The summed E-state index contributed by atoms with van der Waals surface area (Å²) in [7, 11) is 1.32. The molecule has 0 spiro atoms. The lowest BCUT2D eigenvalue weighted by atomic mass is 9.69. The van der Waals surface area contributed by atoms with Crippen LogP contribution in [0.1, 0.15) is 36.1 Å². The molecule has 1 fully saturated rings. The van der Waals surface area contributed by atoms with Crippen molar-refractivity contribution in [1.82, 2.24) is 0 Å². The lowest BCUT2D eigenvalue weighted by molar-refractivity contribution is -0.138. The van der Waals surface area contributed by atoms with Crippen LogP contribution in [-0.2, 0) is 19.1 Å². The van der Waals surface area contributed by atoms with E-state index in [-0.39, 0.29) is 11.5 Å². The van der Waals surface area contributed by atoms with Gasteiger partial charge in [-0.3, -0.25) is 4.79 Å². The molecule has 2 heterocycles. The molecule has 4 atom stereocenters. The fraction of sp³-hybridized carbons (Fsp3) is 0.455. The molecule has 5 nitrogen and oxygen atoms in total. The molecule has 2 aliphatic heterocycles. The number of hydrogen-bond acceptors (Lipinski definition) is 5. The third-order valence-electron chi connectivity index (χ3n) is 6.35. The minimum atomic E-state index is -1.08. The van der Waals surface area contributed by atoms with E-state index in [2.05, 4.69) is 0 Å². The van der Waals surface area contributed by atoms with Crippen molar-refractivity contribution in [3.63, 3.8) is 0 Å². The SMILES string of the molecule is COC(=O)C1=C[C@]2(C)O[C@@]1(C)[C@H]1C(O)=C(c3c(C)cc(C)cc3C)C(=O)[C@H]12. The Morgan fingerprint density at radius 3 is 2.30 bits per heavy atom. The second kappa shape index (κ2) is 5.32. The van der Waals surface area contributed by atoms with Crippen LogP contribution in [0.4, 0.5) is 0 Å². The molecule has 4 rings (SSSR count). The molecule has 27 heavy (non-hydrogen) atoms. The van der Waals surface area contributed by atoms with Crippen LogP contribution in [0.5, 0.6) is 0 Å². The molecule has 142 valence electrons. The molecule has 1 aromatic carbocycles. The lowest BCUT2D eigenvalue weighted by Gasteiger charge is -2.30. The fourth-order valence-electron chi connectivity index (χ4n) is 5.47. The van der Waals surface area contributed by atoms with Crippen LogP contribution in [0.3, 0.4) is 0 Å². The van der Waals surface area contributed by atoms with Crippen molar-refractivity contribution >= 4 is 17.3 Å². The normalized spacial score (nSPS) is 34.1. The smallest absolute Gasteiger partial charge is 0.336 e. The quantitative estimate of drug-likeness (QED) is 0.811. The van der Waals surface area contributed by atoms with E-state index in [1.807, 2.05) is 32.9 Å². The van der Waals surface area contributed by atoms with Crippen molar-refractivity contribution in [2.45, 2.75) is 45.8 Å². The number of fused-ring (bicyclic) bond motifs is 5. The Morgan fingerprint density at radius 1 is 1.15 bits per heavy atom. The molecule has 1 N–H and O–H groups in total. The molecule has 3 aliphatic rings. The number of benzene rings is 1. The maximum absolute atomic E-state index is 13.4. The molecule has 0 aromatic heterocycles. The number of esters is 1. The maximum Gasteiger partial charge on any atom is 0.336 e. The number of ketones is 1. The van der Waals surface area contributed by atoms with Gasteiger partial charge in [-0.05, 0) is 57.4 Å². The number of carbonyl (C=O) groups is 2. The average molecular weight is 368 g/mol. The highest BCUT2D eigenvalue weighted by Crippen LogP contribution is 2.63. The van der Waals surface area contributed by atoms with E-state index in [9.17, 15) is 14.7 Å². The van der Waals surface area contributed by atoms with E-state index in [0.29, 0.717) is 11.1 Å². The number of hydrogen-bond donors (Lipinski definition) is 1. The predicted octanol–water partition coefficient (Wildman–Crippen LogP) is 3.36. The van der Waals surface area contributed by atoms with Gasteiger partial charge in [0.05, 0.1) is 35.7 Å². The fourth-order valence-corrected chi connectivity index (χ4v) is 5.47. The number of methoxy groups -OCH3 is 1. The summed E-state index contributed by atoms with van der Waals surface area (Å²) in [5.41, 5.74) is 2.49. The number of allylic oxidation sites excluding steroid dienone is 1. The molecule has 1 aromatic rings. The standard InChI is InChI=1S/C22H24O5/c1-10-7-11(2)14(12(3)8-10)15-18(23)16-17(19(15)24)22(5)13(20(25)26-6)9-21(16,4)27-22/h7-9,16-17,24H,1-6H3/t16-,17+,21-,22+/m0/s1. The molecular weight excluding hydrogens is 344 g/mol. The van der Waals surface area contributed by atoms with Crippen molar-refractivity contribution in [2.75, 3.05) is 7.11 Å². The Bertz CT molecular complexity index is 946. The van der Waals surface area contributed by atoms with Gasteiger partial charge in [-0.1, -0.05) is 17.7 Å². The lowest BCUT2D eigenvalue weighted by Crippen LogP contribution is -2.41. The largest absolute Gasteiger partial charge is 0.511 e. The first kappa shape index (κ1) is 18.0. The summed E-state index contributed by atoms with van der Waals surface area (Å²) in [5, 5.41) is 11.2. The van der Waals surface area contributed by atoms with Crippen molar-refractivity contribution in [3.05, 3.63) is 51.8 Å². The van der Waals surface area contributed by atoms with Gasteiger partial charge in [0.15, 0.2) is 5.78 Å². The number of ether oxygens (including phenoxy) is 2. The van der Waals surface area contributed by atoms with E-state index in [1.54, 1.807) is 19.9 Å². The summed E-state index contributed by atoms with van der Waals surface area (Å²) in [5.74, 6) is -1.74. The number of aliphatic hydroxyl groups is 1. The molecule has 1 aliphatic carbocycles. The summed E-state index contributed by atoms with van der Waals surface area (Å²) in [6, 6.07) is 4.02. The third-order valence-corrected chi connectivity index (χ3v) is 6.35. The van der Waals surface area contributed by atoms with E-state index in [0.717, 1.165) is 22.3 Å². The number of aryl methyl sites for hydroxylation is 3. The number of rotatable bonds is 2. The highest BCUT2D eigenvalue weighted by molar-refractivity contribution is 6.26. The first-order valence-corrected chi connectivity index (χ1v) is 9.12. The second-order valence-electron chi connectivity index (χ2n) is 8.30. The summed E-state index contributed by atoms with van der Waals surface area (Å²) in [6.07, 6.45) is 1.70. The van der Waals surface area contributed by atoms with Gasteiger partial charge >= 0.3 is 5.97 Å². The highest BCUT2D eigenvalue weighted by atomic mass is 16.6. The van der Waals surface area contributed by atoms with Gasteiger partial charge in [0.2, 0.25) is 0 Å². The van der Waals surface area contributed by atoms with Crippen molar-refractivity contribution in [1.29, 1.82) is 0 Å². The van der Waals surface area contributed by atoms with Crippen LogP contribution in [0, 0.1) is 32.6 Å². The van der Waals surface area contributed by atoms with Gasteiger partial charge in [-0.2, -0.15) is 0 Å². The van der Waals surface area contributed by atoms with E-state index in [1.165, 1.54) is 7.11 Å². The minimum Gasteiger partial charge on any atom is -0.511 e. The minimum absolute atomic E-state index is 0.0146. The summed E-state index contributed by atoms with van der Waals surface area (Å²) in [6.45, 7) is 9.46. The zero-order valence-electron chi connectivity index (χ0n) is 16.5. The van der Waals surface area contributed by atoms with Crippen LogP contribution in [0.2, 0.25) is 0 Å². The number of Topliss-reactive ketones (excluding diaryl/α,β-unsaturated/α-hetero) is 1. The van der Waals surface area contributed by atoms with E-state index in [4.69, 9.17) is 9.47 Å². The van der Waals surface area contributed by atoms with Crippen LogP contribution >= 0.6 is 0 Å². The van der Waals surface area contributed by atoms with Gasteiger partial charge in [-0.25, -0.2) is 4.79 Å². The topological polar surface area (TPSA) is 72.8 Å². The third kappa shape index (κ3) is 2.09. The Hall–Kier alpha value is -2.40.